The number of nitrogens with one attached hydrogen (secondary N) is 1. The molecule has 2 aliphatic rings. The van der Waals surface area contributed by atoms with E-state index in [1.165, 1.54) is 0 Å². The Kier molecular flexibility index (Phi) is 7.05. The number of aryl methyl sites for hydroxylation is 1. The van der Waals surface area contributed by atoms with Crippen molar-refractivity contribution in [3.05, 3.63) is 90.0 Å². The zero-order valence-corrected chi connectivity index (χ0v) is 21.7. The van der Waals surface area contributed by atoms with Crippen molar-refractivity contribution in [2.24, 2.45) is 0 Å². The summed E-state index contributed by atoms with van der Waals surface area (Å²) in [5, 5.41) is 2.91. The van der Waals surface area contributed by atoms with Gasteiger partial charge in [-0.1, -0.05) is 36.4 Å². The van der Waals surface area contributed by atoms with Gasteiger partial charge in [-0.3, -0.25) is 14.4 Å². The number of rotatable bonds is 6. The SMILES string of the molecule is COc1cccc(C(=O)N2CCC3(CC2)C(=O)N(CC(=O)Nc2cccc(C)c2)CN3c2ccccc2)c1. The van der Waals surface area contributed by atoms with Gasteiger partial charge < -0.3 is 24.8 Å². The van der Waals surface area contributed by atoms with E-state index in [1.54, 1.807) is 41.2 Å². The third kappa shape index (κ3) is 4.94. The third-order valence-corrected chi connectivity index (χ3v) is 7.41. The predicted molar refractivity (Wildman–Crippen MR) is 146 cm³/mol. The number of amides is 3. The lowest BCUT2D eigenvalue weighted by atomic mass is 9.85. The lowest BCUT2D eigenvalue weighted by molar-refractivity contribution is -0.136. The number of nitrogens with zero attached hydrogens (tertiary/aromatic N) is 3. The molecule has 0 bridgehead atoms. The quantitative estimate of drug-likeness (QED) is 0.541. The number of piperidine rings is 1. The van der Waals surface area contributed by atoms with Crippen molar-refractivity contribution in [3.8, 4) is 5.75 Å². The van der Waals surface area contributed by atoms with Gasteiger partial charge in [-0.15, -0.1) is 0 Å². The van der Waals surface area contributed by atoms with Gasteiger partial charge in [0.25, 0.3) is 11.8 Å². The molecule has 3 aromatic carbocycles. The average Bonchev–Trinajstić information content (AvgIpc) is 3.19. The van der Waals surface area contributed by atoms with Crippen LogP contribution in [0.25, 0.3) is 0 Å². The predicted octanol–water partition coefficient (Wildman–Crippen LogP) is 3.92. The molecule has 3 aromatic rings. The maximum absolute atomic E-state index is 13.9. The van der Waals surface area contributed by atoms with E-state index in [0.717, 1.165) is 11.3 Å². The van der Waals surface area contributed by atoms with Gasteiger partial charge in [-0.2, -0.15) is 0 Å². The average molecular weight is 513 g/mol. The number of hydrogen-bond donors (Lipinski definition) is 1. The highest BCUT2D eigenvalue weighted by atomic mass is 16.5. The number of para-hydroxylation sites is 1. The molecule has 8 heteroatoms. The van der Waals surface area contributed by atoms with E-state index in [2.05, 4.69) is 10.2 Å². The summed E-state index contributed by atoms with van der Waals surface area (Å²) in [5.74, 6) is 0.240. The van der Waals surface area contributed by atoms with Gasteiger partial charge in [0.05, 0.1) is 13.8 Å². The Morgan fingerprint density at radius 1 is 0.947 bits per heavy atom. The largest absolute Gasteiger partial charge is 0.497 e. The first-order valence-electron chi connectivity index (χ1n) is 12.8. The second-order valence-corrected chi connectivity index (χ2v) is 9.88. The maximum Gasteiger partial charge on any atom is 0.253 e. The standard InChI is InChI=1S/C30H32N4O4/c1-22-8-6-10-24(18-22)31-27(35)20-33-21-34(25-11-4-3-5-12-25)30(29(33)37)14-16-32(17-15-30)28(36)23-9-7-13-26(19-23)38-2/h3-13,18-19H,14-17,20-21H2,1-2H3,(H,31,35). The molecule has 2 heterocycles. The van der Waals surface area contributed by atoms with Gasteiger partial charge in [0.1, 0.15) is 17.8 Å². The zero-order valence-electron chi connectivity index (χ0n) is 21.7. The highest BCUT2D eigenvalue weighted by Crippen LogP contribution is 2.39. The first-order valence-corrected chi connectivity index (χ1v) is 12.8. The Morgan fingerprint density at radius 3 is 2.39 bits per heavy atom. The van der Waals surface area contributed by atoms with Crippen LogP contribution in [0.1, 0.15) is 28.8 Å². The minimum atomic E-state index is -0.809. The van der Waals surface area contributed by atoms with E-state index in [4.69, 9.17) is 4.74 Å². The lowest BCUT2D eigenvalue weighted by Crippen LogP contribution is -2.57. The third-order valence-electron chi connectivity index (χ3n) is 7.41. The molecule has 0 atom stereocenters. The van der Waals surface area contributed by atoms with E-state index in [0.29, 0.717) is 49.6 Å². The first-order chi connectivity index (χ1) is 18.4. The van der Waals surface area contributed by atoms with Crippen LogP contribution in [-0.2, 0) is 9.59 Å². The topological polar surface area (TPSA) is 82.2 Å². The van der Waals surface area contributed by atoms with Crippen LogP contribution < -0.4 is 15.0 Å². The normalized spacial score (nSPS) is 16.6. The number of ether oxygens (including phenoxy) is 1. The summed E-state index contributed by atoms with van der Waals surface area (Å²) < 4.78 is 5.27. The van der Waals surface area contributed by atoms with Gasteiger partial charge in [0, 0.05) is 30.0 Å². The molecule has 38 heavy (non-hydrogen) atoms. The number of carbonyl (C=O) groups is 3. The first kappa shape index (κ1) is 25.3. The van der Waals surface area contributed by atoms with Crippen LogP contribution >= 0.6 is 0 Å². The Labute approximate surface area is 222 Å². The van der Waals surface area contributed by atoms with E-state index in [9.17, 15) is 14.4 Å². The molecule has 1 spiro atoms. The van der Waals surface area contributed by atoms with Crippen molar-refractivity contribution in [2.45, 2.75) is 25.3 Å². The number of methoxy groups -OCH3 is 1. The molecule has 0 saturated carbocycles. The second kappa shape index (κ2) is 10.6. The van der Waals surface area contributed by atoms with Crippen molar-refractivity contribution in [3.63, 3.8) is 0 Å². The van der Waals surface area contributed by atoms with Crippen molar-refractivity contribution in [1.82, 2.24) is 9.80 Å². The molecule has 5 rings (SSSR count). The number of carbonyl (C=O) groups excluding carboxylic acids is 3. The van der Waals surface area contributed by atoms with Gasteiger partial charge in [-0.25, -0.2) is 0 Å². The summed E-state index contributed by atoms with van der Waals surface area (Å²) in [6.07, 6.45) is 0.957. The fraction of sp³-hybridized carbons (Fsp3) is 0.300. The number of anilines is 2. The van der Waals surface area contributed by atoms with Gasteiger partial charge in [0.2, 0.25) is 5.91 Å². The van der Waals surface area contributed by atoms with Gasteiger partial charge >= 0.3 is 0 Å². The molecule has 0 unspecified atom stereocenters. The number of benzene rings is 3. The highest BCUT2D eigenvalue weighted by Gasteiger charge is 2.54. The Balaban J connectivity index is 1.33. The molecule has 2 fully saturated rings. The van der Waals surface area contributed by atoms with Crippen molar-refractivity contribution < 1.29 is 19.1 Å². The van der Waals surface area contributed by atoms with E-state index < -0.39 is 5.54 Å². The lowest BCUT2D eigenvalue weighted by Gasteiger charge is -2.43. The highest BCUT2D eigenvalue weighted by molar-refractivity contribution is 6.00. The Bertz CT molecular complexity index is 1330. The summed E-state index contributed by atoms with van der Waals surface area (Å²) in [6.45, 7) is 3.12. The summed E-state index contributed by atoms with van der Waals surface area (Å²) >= 11 is 0. The van der Waals surface area contributed by atoms with Crippen LogP contribution in [0.2, 0.25) is 0 Å². The number of likely N-dealkylation sites (tertiary alicyclic amines) is 1. The zero-order chi connectivity index (χ0) is 26.7. The van der Waals surface area contributed by atoms with Gasteiger partial charge in [0.15, 0.2) is 0 Å². The number of hydrogen-bond acceptors (Lipinski definition) is 5. The van der Waals surface area contributed by atoms with E-state index >= 15 is 0 Å². The molecular weight excluding hydrogens is 480 g/mol. The summed E-state index contributed by atoms with van der Waals surface area (Å²) in [7, 11) is 1.57. The van der Waals surface area contributed by atoms with Crippen LogP contribution in [0.15, 0.2) is 78.9 Å². The smallest absolute Gasteiger partial charge is 0.253 e. The van der Waals surface area contributed by atoms with Crippen LogP contribution in [0.3, 0.4) is 0 Å². The Morgan fingerprint density at radius 2 is 1.68 bits per heavy atom. The molecule has 0 aliphatic carbocycles. The summed E-state index contributed by atoms with van der Waals surface area (Å²) in [5.41, 5.74) is 2.43. The molecule has 3 amide bonds. The van der Waals surface area contributed by atoms with Crippen LogP contribution in [0.4, 0.5) is 11.4 Å². The van der Waals surface area contributed by atoms with Crippen LogP contribution in [0, 0.1) is 6.92 Å². The van der Waals surface area contributed by atoms with E-state index in [1.807, 2.05) is 61.5 Å². The second-order valence-electron chi connectivity index (χ2n) is 9.88. The van der Waals surface area contributed by atoms with Gasteiger partial charge in [-0.05, 0) is 67.8 Å². The van der Waals surface area contributed by atoms with Crippen LogP contribution in [0.5, 0.6) is 5.75 Å². The fourth-order valence-corrected chi connectivity index (χ4v) is 5.44. The summed E-state index contributed by atoms with van der Waals surface area (Å²) in [4.78, 5) is 45.6. The molecule has 1 N–H and O–H groups in total. The fourth-order valence-electron chi connectivity index (χ4n) is 5.44. The molecular formula is C30H32N4O4. The van der Waals surface area contributed by atoms with Crippen molar-refractivity contribution in [2.75, 3.05) is 43.6 Å². The van der Waals surface area contributed by atoms with E-state index in [-0.39, 0.29) is 24.3 Å². The maximum atomic E-state index is 13.9. The minimum Gasteiger partial charge on any atom is -0.497 e. The van der Waals surface area contributed by atoms with Crippen molar-refractivity contribution in [1.29, 1.82) is 0 Å². The monoisotopic (exact) mass is 512 g/mol. The molecule has 2 aliphatic heterocycles. The summed E-state index contributed by atoms with van der Waals surface area (Å²) in [6, 6.07) is 24.5. The molecule has 2 saturated heterocycles. The molecule has 8 nitrogen and oxygen atoms in total. The minimum absolute atomic E-state index is 0.0374. The van der Waals surface area contributed by atoms with Crippen molar-refractivity contribution >= 4 is 29.1 Å². The molecule has 0 radical (unpaired) electrons. The molecule has 196 valence electrons. The molecule has 0 aromatic heterocycles. The Hall–Kier alpha value is -4.33. The van der Waals surface area contributed by atoms with Crippen LogP contribution in [-0.4, -0.2) is 66.5 Å².